The fourth-order valence-electron chi connectivity index (χ4n) is 1.78. The van der Waals surface area contributed by atoms with E-state index in [4.69, 9.17) is 27.9 Å². The van der Waals surface area contributed by atoms with Gasteiger partial charge in [0.25, 0.3) is 0 Å². The van der Waals surface area contributed by atoms with Gasteiger partial charge < -0.3 is 4.74 Å². The average molecular weight is 245 g/mol. The molecule has 1 fully saturated rings. The zero-order chi connectivity index (χ0) is 11.0. The van der Waals surface area contributed by atoms with Crippen molar-refractivity contribution < 1.29 is 4.74 Å². The Bertz CT molecular complexity index is 365. The molecule has 0 amide bonds. The molecule has 0 bridgehead atoms. The van der Waals surface area contributed by atoms with Crippen LogP contribution in [0.15, 0.2) is 18.2 Å². The molecule has 1 heterocycles. The molecule has 0 N–H and O–H groups in total. The van der Waals surface area contributed by atoms with Gasteiger partial charge in [0.2, 0.25) is 0 Å². The monoisotopic (exact) mass is 244 g/mol. The van der Waals surface area contributed by atoms with Crippen molar-refractivity contribution in [3.8, 4) is 0 Å². The third kappa shape index (κ3) is 2.66. The van der Waals surface area contributed by atoms with Crippen LogP contribution in [0.2, 0.25) is 10.0 Å². The number of benzene rings is 1. The number of ether oxygens (including phenoxy) is 1. The Hall–Kier alpha value is -0.240. The van der Waals surface area contributed by atoms with Crippen LogP contribution in [0.1, 0.15) is 31.7 Å². The summed E-state index contributed by atoms with van der Waals surface area (Å²) in [6.45, 7) is 4.29. The summed E-state index contributed by atoms with van der Waals surface area (Å²) in [5.74, 6) is 0.467. The van der Waals surface area contributed by atoms with E-state index in [1.807, 2.05) is 18.2 Å². The SMILES string of the molecule is CC(CC1OC1C)c1ccc(Cl)c(Cl)c1. The summed E-state index contributed by atoms with van der Waals surface area (Å²) in [6.07, 6.45) is 1.91. The molecule has 3 atom stereocenters. The second-order valence-corrected chi connectivity index (χ2v) is 5.00. The fraction of sp³-hybridized carbons (Fsp3) is 0.500. The van der Waals surface area contributed by atoms with Gasteiger partial charge in [-0.15, -0.1) is 0 Å². The highest BCUT2D eigenvalue weighted by Crippen LogP contribution is 2.34. The summed E-state index contributed by atoms with van der Waals surface area (Å²) in [7, 11) is 0. The van der Waals surface area contributed by atoms with E-state index in [0.717, 1.165) is 6.42 Å². The Balaban J connectivity index is 2.04. The van der Waals surface area contributed by atoms with Crippen LogP contribution in [0.3, 0.4) is 0 Å². The summed E-state index contributed by atoms with van der Waals surface area (Å²) in [5.41, 5.74) is 1.23. The van der Waals surface area contributed by atoms with E-state index in [1.54, 1.807) is 0 Å². The van der Waals surface area contributed by atoms with Gasteiger partial charge in [0, 0.05) is 0 Å². The van der Waals surface area contributed by atoms with Crippen molar-refractivity contribution in [1.29, 1.82) is 0 Å². The van der Waals surface area contributed by atoms with E-state index in [1.165, 1.54) is 5.56 Å². The molecule has 3 unspecified atom stereocenters. The van der Waals surface area contributed by atoms with Crippen LogP contribution in [0, 0.1) is 0 Å². The summed E-state index contributed by atoms with van der Waals surface area (Å²) >= 11 is 11.8. The van der Waals surface area contributed by atoms with Gasteiger partial charge in [0.1, 0.15) is 0 Å². The molecular formula is C12H14Cl2O. The predicted molar refractivity (Wildman–Crippen MR) is 63.8 cm³/mol. The smallest absolute Gasteiger partial charge is 0.0844 e. The molecule has 0 radical (unpaired) electrons. The number of hydrogen-bond acceptors (Lipinski definition) is 1. The number of epoxide rings is 1. The summed E-state index contributed by atoms with van der Waals surface area (Å²) < 4.78 is 5.40. The molecule has 15 heavy (non-hydrogen) atoms. The lowest BCUT2D eigenvalue weighted by atomic mass is 9.95. The molecule has 3 heteroatoms. The molecule has 0 aromatic heterocycles. The molecule has 0 saturated carbocycles. The number of rotatable bonds is 3. The first kappa shape index (κ1) is 11.3. The molecule has 1 aromatic carbocycles. The van der Waals surface area contributed by atoms with Crippen molar-refractivity contribution >= 4 is 23.2 Å². The lowest BCUT2D eigenvalue weighted by molar-refractivity contribution is 0.362. The third-order valence-corrected chi connectivity index (χ3v) is 3.67. The number of hydrogen-bond donors (Lipinski definition) is 0. The van der Waals surface area contributed by atoms with Crippen LogP contribution in [-0.4, -0.2) is 12.2 Å². The van der Waals surface area contributed by atoms with Crippen molar-refractivity contribution in [3.05, 3.63) is 33.8 Å². The highest BCUT2D eigenvalue weighted by molar-refractivity contribution is 6.42. The fourth-order valence-corrected chi connectivity index (χ4v) is 2.09. The van der Waals surface area contributed by atoms with Crippen LogP contribution < -0.4 is 0 Å². The van der Waals surface area contributed by atoms with Crippen LogP contribution in [-0.2, 0) is 4.74 Å². The zero-order valence-electron chi connectivity index (χ0n) is 8.84. The molecule has 2 rings (SSSR count). The lowest BCUT2D eigenvalue weighted by Gasteiger charge is -2.11. The maximum Gasteiger partial charge on any atom is 0.0844 e. The molecule has 1 aliphatic heterocycles. The summed E-state index contributed by atoms with van der Waals surface area (Å²) in [4.78, 5) is 0. The van der Waals surface area contributed by atoms with E-state index >= 15 is 0 Å². The minimum absolute atomic E-state index is 0.425. The first-order chi connectivity index (χ1) is 7.08. The van der Waals surface area contributed by atoms with Gasteiger partial charge in [-0.3, -0.25) is 0 Å². The van der Waals surface area contributed by atoms with Crippen molar-refractivity contribution in [2.24, 2.45) is 0 Å². The van der Waals surface area contributed by atoms with Crippen molar-refractivity contribution in [1.82, 2.24) is 0 Å². The first-order valence-electron chi connectivity index (χ1n) is 5.18. The van der Waals surface area contributed by atoms with E-state index in [0.29, 0.717) is 28.2 Å². The van der Waals surface area contributed by atoms with E-state index in [9.17, 15) is 0 Å². The van der Waals surface area contributed by atoms with Gasteiger partial charge in [0.05, 0.1) is 22.3 Å². The predicted octanol–water partition coefficient (Wildman–Crippen LogP) is 4.27. The Morgan fingerprint density at radius 1 is 1.33 bits per heavy atom. The molecule has 1 saturated heterocycles. The summed E-state index contributed by atoms with van der Waals surface area (Å²) in [6, 6.07) is 5.83. The Morgan fingerprint density at radius 2 is 2.00 bits per heavy atom. The highest BCUT2D eigenvalue weighted by atomic mass is 35.5. The van der Waals surface area contributed by atoms with Crippen LogP contribution in [0.5, 0.6) is 0 Å². The Morgan fingerprint density at radius 3 is 2.53 bits per heavy atom. The molecule has 1 aromatic rings. The van der Waals surface area contributed by atoms with Gasteiger partial charge in [-0.2, -0.15) is 0 Å². The zero-order valence-corrected chi connectivity index (χ0v) is 10.3. The summed E-state index contributed by atoms with van der Waals surface area (Å²) in [5, 5.41) is 1.24. The largest absolute Gasteiger partial charge is 0.370 e. The van der Waals surface area contributed by atoms with Crippen LogP contribution in [0.4, 0.5) is 0 Å². The van der Waals surface area contributed by atoms with Crippen molar-refractivity contribution in [2.45, 2.75) is 38.4 Å². The molecule has 1 aliphatic rings. The molecule has 0 spiro atoms. The quantitative estimate of drug-likeness (QED) is 0.724. The molecular weight excluding hydrogens is 231 g/mol. The minimum Gasteiger partial charge on any atom is -0.370 e. The molecule has 0 aliphatic carbocycles. The maximum atomic E-state index is 5.98. The van der Waals surface area contributed by atoms with Gasteiger partial charge in [-0.1, -0.05) is 36.2 Å². The standard InChI is InChI=1S/C12H14Cl2O/c1-7(5-12-8(2)15-12)9-3-4-10(13)11(14)6-9/h3-4,6-8,12H,5H2,1-2H3. The molecule has 1 nitrogen and oxygen atoms in total. The van der Waals surface area contributed by atoms with E-state index < -0.39 is 0 Å². The van der Waals surface area contributed by atoms with Crippen molar-refractivity contribution in [2.75, 3.05) is 0 Å². The normalized spacial score (nSPS) is 26.4. The molecule has 82 valence electrons. The maximum absolute atomic E-state index is 5.98. The van der Waals surface area contributed by atoms with Crippen molar-refractivity contribution in [3.63, 3.8) is 0 Å². The third-order valence-electron chi connectivity index (χ3n) is 2.93. The Labute approximate surface area is 100 Å². The van der Waals surface area contributed by atoms with Crippen LogP contribution >= 0.6 is 23.2 Å². The van der Waals surface area contributed by atoms with Gasteiger partial charge >= 0.3 is 0 Å². The Kier molecular flexibility index (Phi) is 3.24. The average Bonchev–Trinajstić information content (AvgIpc) is 2.86. The van der Waals surface area contributed by atoms with E-state index in [-0.39, 0.29) is 0 Å². The van der Waals surface area contributed by atoms with Gasteiger partial charge in [-0.25, -0.2) is 0 Å². The second kappa shape index (κ2) is 4.32. The second-order valence-electron chi connectivity index (χ2n) is 4.19. The van der Waals surface area contributed by atoms with Gasteiger partial charge in [0.15, 0.2) is 0 Å². The van der Waals surface area contributed by atoms with Crippen LogP contribution in [0.25, 0.3) is 0 Å². The van der Waals surface area contributed by atoms with Gasteiger partial charge in [-0.05, 0) is 37.0 Å². The highest BCUT2D eigenvalue weighted by Gasteiger charge is 2.35. The topological polar surface area (TPSA) is 12.5 Å². The number of halogens is 2. The van der Waals surface area contributed by atoms with E-state index in [2.05, 4.69) is 13.8 Å². The first-order valence-corrected chi connectivity index (χ1v) is 5.94. The minimum atomic E-state index is 0.425. The lowest BCUT2D eigenvalue weighted by Crippen LogP contribution is -2.00.